The fourth-order valence-electron chi connectivity index (χ4n) is 3.74. The number of sulfone groups is 1. The van der Waals surface area contributed by atoms with Crippen molar-refractivity contribution in [2.45, 2.75) is 17.9 Å². The summed E-state index contributed by atoms with van der Waals surface area (Å²) in [5.41, 5.74) is 2.86. The molecule has 0 aliphatic carbocycles. The van der Waals surface area contributed by atoms with Crippen LogP contribution < -0.4 is 14.4 Å². The van der Waals surface area contributed by atoms with Crippen molar-refractivity contribution in [1.82, 2.24) is 0 Å². The largest absolute Gasteiger partial charge is 0.493 e. The number of benzene rings is 3. The van der Waals surface area contributed by atoms with E-state index in [1.54, 1.807) is 47.4 Å². The zero-order valence-electron chi connectivity index (χ0n) is 18.4. The molecule has 8 nitrogen and oxygen atoms in total. The average Bonchev–Trinajstić information content (AvgIpc) is 3.15. The van der Waals surface area contributed by atoms with Gasteiger partial charge in [-0.25, -0.2) is 13.2 Å². The number of nitrogens with zero attached hydrogens (tertiary/aromatic N) is 1. The lowest BCUT2D eigenvalue weighted by atomic mass is 10.1. The Morgan fingerprint density at radius 3 is 2.47 bits per heavy atom. The van der Waals surface area contributed by atoms with E-state index in [4.69, 9.17) is 14.6 Å². The minimum Gasteiger partial charge on any atom is -0.493 e. The van der Waals surface area contributed by atoms with Gasteiger partial charge in [0.2, 0.25) is 0 Å². The molecule has 0 saturated heterocycles. The third-order valence-corrected chi connectivity index (χ3v) is 6.54. The number of fused-ring (bicyclic) bond motifs is 1. The Kier molecular flexibility index (Phi) is 6.56. The number of rotatable bonds is 9. The van der Waals surface area contributed by atoms with Crippen LogP contribution in [0.4, 0.5) is 5.69 Å². The van der Waals surface area contributed by atoms with E-state index in [1.165, 1.54) is 12.1 Å². The van der Waals surface area contributed by atoms with Crippen molar-refractivity contribution in [3.8, 4) is 11.5 Å². The Morgan fingerprint density at radius 1 is 1.03 bits per heavy atom. The van der Waals surface area contributed by atoms with Gasteiger partial charge in [-0.1, -0.05) is 18.2 Å². The van der Waals surface area contributed by atoms with Gasteiger partial charge in [0, 0.05) is 29.5 Å². The molecule has 1 aliphatic rings. The summed E-state index contributed by atoms with van der Waals surface area (Å²) in [6.45, 7) is 0.273. The second-order valence-electron chi connectivity index (χ2n) is 7.87. The quantitative estimate of drug-likeness (QED) is 0.499. The summed E-state index contributed by atoms with van der Waals surface area (Å²) < 4.78 is 34.6. The summed E-state index contributed by atoms with van der Waals surface area (Å²) in [5, 5.41) is 8.75. The zero-order chi connectivity index (χ0) is 24.3. The van der Waals surface area contributed by atoms with E-state index >= 15 is 0 Å². The number of aliphatic carboxylic acids is 1. The van der Waals surface area contributed by atoms with Crippen LogP contribution in [0.5, 0.6) is 11.5 Å². The molecule has 0 atom stereocenters. The fourth-order valence-corrected chi connectivity index (χ4v) is 4.37. The zero-order valence-corrected chi connectivity index (χ0v) is 19.2. The molecular weight excluding hydrogens is 458 g/mol. The molecule has 0 radical (unpaired) electrons. The number of carboxylic acids is 1. The lowest BCUT2D eigenvalue weighted by molar-refractivity contribution is -0.139. The van der Waals surface area contributed by atoms with Crippen molar-refractivity contribution in [2.75, 3.05) is 24.4 Å². The molecule has 3 aromatic rings. The highest BCUT2D eigenvalue weighted by Gasteiger charge is 2.31. The number of anilines is 1. The van der Waals surface area contributed by atoms with E-state index in [1.807, 2.05) is 12.1 Å². The number of hydrogen-bond donors (Lipinski definition) is 1. The lowest BCUT2D eigenvalue weighted by Crippen LogP contribution is -2.22. The normalized spacial score (nSPS) is 13.0. The molecule has 0 aromatic heterocycles. The second kappa shape index (κ2) is 9.56. The first kappa shape index (κ1) is 23.3. The third kappa shape index (κ3) is 5.20. The Bertz CT molecular complexity index is 1330. The molecular formula is C25H23NO7S. The molecule has 0 bridgehead atoms. The molecule has 34 heavy (non-hydrogen) atoms. The Balaban J connectivity index is 1.43. The van der Waals surface area contributed by atoms with Crippen LogP contribution in [0, 0.1) is 0 Å². The van der Waals surface area contributed by atoms with Crippen LogP contribution in [-0.2, 0) is 27.6 Å². The molecule has 1 aliphatic heterocycles. The maximum Gasteiger partial charge on any atom is 0.341 e. The van der Waals surface area contributed by atoms with Crippen LogP contribution >= 0.6 is 0 Å². The first-order valence-corrected chi connectivity index (χ1v) is 12.4. The van der Waals surface area contributed by atoms with E-state index in [2.05, 4.69) is 0 Å². The number of ether oxygens (including phenoxy) is 2. The van der Waals surface area contributed by atoms with Crippen molar-refractivity contribution in [3.05, 3.63) is 83.4 Å². The van der Waals surface area contributed by atoms with Crippen LogP contribution in [0.25, 0.3) is 0 Å². The first-order chi connectivity index (χ1) is 16.2. The topological polar surface area (TPSA) is 110 Å². The number of carbonyl (C=O) groups is 2. The van der Waals surface area contributed by atoms with Gasteiger partial charge in [-0.2, -0.15) is 0 Å². The van der Waals surface area contributed by atoms with Crippen LogP contribution in [-0.4, -0.2) is 44.9 Å². The summed E-state index contributed by atoms with van der Waals surface area (Å²) in [4.78, 5) is 25.4. The highest BCUT2D eigenvalue weighted by molar-refractivity contribution is 7.90. The van der Waals surface area contributed by atoms with Gasteiger partial charge in [0.05, 0.1) is 18.0 Å². The van der Waals surface area contributed by atoms with Crippen LogP contribution in [0.15, 0.2) is 71.6 Å². The van der Waals surface area contributed by atoms with Crippen molar-refractivity contribution < 1.29 is 32.6 Å². The molecule has 1 heterocycles. The highest BCUT2D eigenvalue weighted by Crippen LogP contribution is 2.34. The summed E-state index contributed by atoms with van der Waals surface area (Å²) in [6, 6.07) is 18.7. The molecule has 1 amide bonds. The standard InChI is InChI=1S/C25H23NO7S/c1-34(30,31)20-10-8-18(9-11-20)26-15-22-21(25(26)29)6-3-7-23(22)32-13-12-17-4-2-5-19(14-17)33-16-24(27)28/h2-11,14H,12-13,15-16H2,1H3,(H,27,28). The predicted octanol–water partition coefficient (Wildman–Crippen LogP) is 3.34. The first-order valence-electron chi connectivity index (χ1n) is 10.5. The van der Waals surface area contributed by atoms with Gasteiger partial charge in [0.15, 0.2) is 16.4 Å². The van der Waals surface area contributed by atoms with Crippen molar-refractivity contribution in [1.29, 1.82) is 0 Å². The number of hydrogen-bond acceptors (Lipinski definition) is 6. The van der Waals surface area contributed by atoms with Gasteiger partial charge in [0.1, 0.15) is 11.5 Å². The maximum absolute atomic E-state index is 13.0. The molecule has 176 valence electrons. The monoisotopic (exact) mass is 481 g/mol. The Morgan fingerprint density at radius 2 is 1.76 bits per heavy atom. The molecule has 0 fully saturated rings. The number of carbonyl (C=O) groups excluding carboxylic acids is 1. The van der Waals surface area contributed by atoms with E-state index in [0.29, 0.717) is 42.3 Å². The summed E-state index contributed by atoms with van der Waals surface area (Å²) in [5.74, 6) is -0.125. The lowest BCUT2D eigenvalue weighted by Gasteiger charge is -2.16. The molecule has 1 N–H and O–H groups in total. The van der Waals surface area contributed by atoms with Crippen molar-refractivity contribution in [3.63, 3.8) is 0 Å². The molecule has 4 rings (SSSR count). The van der Waals surface area contributed by atoms with Crippen LogP contribution in [0.1, 0.15) is 21.5 Å². The Labute approximate surface area is 197 Å². The van der Waals surface area contributed by atoms with Crippen LogP contribution in [0.3, 0.4) is 0 Å². The molecule has 0 spiro atoms. The van der Waals surface area contributed by atoms with E-state index in [-0.39, 0.29) is 10.8 Å². The van der Waals surface area contributed by atoms with Gasteiger partial charge in [-0.15, -0.1) is 0 Å². The third-order valence-electron chi connectivity index (χ3n) is 5.41. The van der Waals surface area contributed by atoms with E-state index in [9.17, 15) is 18.0 Å². The molecule has 9 heteroatoms. The predicted molar refractivity (Wildman–Crippen MR) is 125 cm³/mol. The summed E-state index contributed by atoms with van der Waals surface area (Å²) in [7, 11) is -3.32. The summed E-state index contributed by atoms with van der Waals surface area (Å²) >= 11 is 0. The van der Waals surface area contributed by atoms with Gasteiger partial charge in [0.25, 0.3) is 5.91 Å². The highest BCUT2D eigenvalue weighted by atomic mass is 32.2. The minimum atomic E-state index is -3.32. The summed E-state index contributed by atoms with van der Waals surface area (Å²) in [6.07, 6.45) is 1.71. The minimum absolute atomic E-state index is 0.171. The molecule has 0 unspecified atom stereocenters. The van der Waals surface area contributed by atoms with E-state index < -0.39 is 22.4 Å². The fraction of sp³-hybridized carbons (Fsp3) is 0.200. The van der Waals surface area contributed by atoms with Crippen molar-refractivity contribution >= 4 is 27.4 Å². The molecule has 3 aromatic carbocycles. The molecule has 0 saturated carbocycles. The van der Waals surface area contributed by atoms with Gasteiger partial charge in [-0.05, 0) is 54.1 Å². The van der Waals surface area contributed by atoms with Gasteiger partial charge in [-0.3, -0.25) is 4.79 Å². The number of carboxylic acid groups (broad SMARTS) is 1. The SMILES string of the molecule is CS(=O)(=O)c1ccc(N2Cc3c(OCCc4cccc(OCC(=O)O)c4)cccc3C2=O)cc1. The smallest absolute Gasteiger partial charge is 0.341 e. The Hall–Kier alpha value is -3.85. The average molecular weight is 482 g/mol. The van der Waals surface area contributed by atoms with Gasteiger partial charge >= 0.3 is 5.97 Å². The second-order valence-corrected chi connectivity index (χ2v) is 9.88. The van der Waals surface area contributed by atoms with Gasteiger partial charge < -0.3 is 19.5 Å². The number of amides is 1. The maximum atomic E-state index is 13.0. The van der Waals surface area contributed by atoms with Crippen molar-refractivity contribution in [2.24, 2.45) is 0 Å². The van der Waals surface area contributed by atoms with Crippen LogP contribution in [0.2, 0.25) is 0 Å². The van der Waals surface area contributed by atoms with E-state index in [0.717, 1.165) is 17.4 Å².